The Balaban J connectivity index is 2.11. The highest BCUT2D eigenvalue weighted by atomic mass is 79.9. The summed E-state index contributed by atoms with van der Waals surface area (Å²) in [5.74, 6) is 1.71. The molecule has 1 nitrogen and oxygen atoms in total. The first-order valence-electron chi connectivity index (χ1n) is 6.78. The Bertz CT molecular complexity index is 386. The van der Waals surface area contributed by atoms with Gasteiger partial charge >= 0.3 is 0 Å². The highest BCUT2D eigenvalue weighted by molar-refractivity contribution is 9.11. The highest BCUT2D eigenvalue weighted by Gasteiger charge is 2.24. The number of hydrogen-bond acceptors (Lipinski definition) is 1. The number of ether oxygens (including phenoxy) is 1. The van der Waals surface area contributed by atoms with Gasteiger partial charge in [0.25, 0.3) is 0 Å². The van der Waals surface area contributed by atoms with E-state index in [1.165, 1.54) is 37.7 Å². The van der Waals surface area contributed by atoms with E-state index in [4.69, 9.17) is 4.74 Å². The van der Waals surface area contributed by atoms with Gasteiger partial charge in [0.1, 0.15) is 5.75 Å². The number of rotatable bonds is 4. The molecule has 1 fully saturated rings. The lowest BCUT2D eigenvalue weighted by molar-refractivity contribution is 0.339. The highest BCUT2D eigenvalue weighted by Crippen LogP contribution is 2.43. The predicted octanol–water partition coefficient (Wildman–Crippen LogP) is 5.86. The van der Waals surface area contributed by atoms with Crippen molar-refractivity contribution in [1.29, 1.82) is 0 Å². The molecular weight excluding hydrogens is 356 g/mol. The molecule has 0 N–H and O–H groups in total. The molecule has 1 saturated carbocycles. The number of alkyl halides is 1. The number of hydrogen-bond donors (Lipinski definition) is 0. The topological polar surface area (TPSA) is 9.23 Å². The minimum Gasteiger partial charge on any atom is -0.494 e. The van der Waals surface area contributed by atoms with Gasteiger partial charge in [-0.2, -0.15) is 0 Å². The van der Waals surface area contributed by atoms with E-state index in [2.05, 4.69) is 50.1 Å². The van der Waals surface area contributed by atoms with Gasteiger partial charge in [-0.25, -0.2) is 0 Å². The zero-order valence-corrected chi connectivity index (χ0v) is 14.0. The van der Waals surface area contributed by atoms with Gasteiger partial charge in [-0.05, 0) is 43.4 Å². The maximum atomic E-state index is 5.52. The van der Waals surface area contributed by atoms with Crippen LogP contribution in [0.3, 0.4) is 0 Å². The Morgan fingerprint density at radius 1 is 1.28 bits per heavy atom. The van der Waals surface area contributed by atoms with E-state index in [-0.39, 0.29) is 0 Å². The summed E-state index contributed by atoms with van der Waals surface area (Å²) in [5.41, 5.74) is 1.35. The summed E-state index contributed by atoms with van der Waals surface area (Å²) >= 11 is 7.57. The smallest absolute Gasteiger partial charge is 0.120 e. The van der Waals surface area contributed by atoms with Gasteiger partial charge in [-0.15, -0.1) is 0 Å². The predicted molar refractivity (Wildman–Crippen MR) is 83.6 cm³/mol. The van der Waals surface area contributed by atoms with Crippen LogP contribution in [-0.2, 0) is 0 Å². The molecule has 1 aliphatic rings. The van der Waals surface area contributed by atoms with Gasteiger partial charge in [0, 0.05) is 9.30 Å². The Kier molecular flexibility index (Phi) is 5.56. The summed E-state index contributed by atoms with van der Waals surface area (Å²) in [6.45, 7) is 2.73. The summed E-state index contributed by atoms with van der Waals surface area (Å²) < 4.78 is 6.68. The lowest BCUT2D eigenvalue weighted by Gasteiger charge is -2.27. The third kappa shape index (κ3) is 3.51. The zero-order valence-electron chi connectivity index (χ0n) is 10.8. The Labute approximate surface area is 127 Å². The summed E-state index contributed by atoms with van der Waals surface area (Å²) in [6.07, 6.45) is 6.84. The van der Waals surface area contributed by atoms with Crippen molar-refractivity contribution in [2.45, 2.75) is 43.9 Å². The summed E-state index contributed by atoms with van der Waals surface area (Å²) in [7, 11) is 0. The maximum Gasteiger partial charge on any atom is 0.120 e. The van der Waals surface area contributed by atoms with Gasteiger partial charge in [0.2, 0.25) is 0 Å². The molecule has 18 heavy (non-hydrogen) atoms. The van der Waals surface area contributed by atoms with E-state index < -0.39 is 0 Å². The standard InChI is InChI=1S/C15H20Br2O/c1-2-18-12-8-9-13(14(16)10-12)15(17)11-6-4-3-5-7-11/h8-11,15H,2-7H2,1H3. The second-order valence-electron chi connectivity index (χ2n) is 4.92. The van der Waals surface area contributed by atoms with Crippen molar-refractivity contribution in [3.05, 3.63) is 28.2 Å². The van der Waals surface area contributed by atoms with Crippen molar-refractivity contribution in [2.75, 3.05) is 6.61 Å². The molecule has 0 spiro atoms. The minimum atomic E-state index is 0.461. The molecule has 2 rings (SSSR count). The molecule has 1 aromatic rings. The number of halogens is 2. The van der Waals surface area contributed by atoms with Gasteiger partial charge in [-0.1, -0.05) is 57.2 Å². The van der Waals surface area contributed by atoms with Crippen LogP contribution in [-0.4, -0.2) is 6.61 Å². The van der Waals surface area contributed by atoms with Crippen molar-refractivity contribution in [3.8, 4) is 5.75 Å². The van der Waals surface area contributed by atoms with Crippen LogP contribution < -0.4 is 4.74 Å². The average Bonchev–Trinajstić information content (AvgIpc) is 2.40. The SMILES string of the molecule is CCOc1ccc(C(Br)C2CCCCC2)c(Br)c1. The van der Waals surface area contributed by atoms with Crippen molar-refractivity contribution in [1.82, 2.24) is 0 Å². The van der Waals surface area contributed by atoms with Gasteiger partial charge in [0.05, 0.1) is 6.61 Å². The monoisotopic (exact) mass is 374 g/mol. The Hall–Kier alpha value is -0.0200. The molecule has 0 saturated heterocycles. The second kappa shape index (κ2) is 6.95. The first-order valence-corrected chi connectivity index (χ1v) is 8.49. The fraction of sp³-hybridized carbons (Fsp3) is 0.600. The Morgan fingerprint density at radius 3 is 2.61 bits per heavy atom. The lowest BCUT2D eigenvalue weighted by Crippen LogP contribution is -2.12. The molecule has 0 bridgehead atoms. The van der Waals surface area contributed by atoms with E-state index in [0.717, 1.165) is 16.1 Å². The van der Waals surface area contributed by atoms with E-state index in [1.54, 1.807) is 0 Å². The maximum absolute atomic E-state index is 5.52. The van der Waals surface area contributed by atoms with Gasteiger partial charge in [0.15, 0.2) is 0 Å². The van der Waals surface area contributed by atoms with Crippen LogP contribution in [0.15, 0.2) is 22.7 Å². The first-order chi connectivity index (χ1) is 8.72. The van der Waals surface area contributed by atoms with E-state index in [0.29, 0.717) is 11.4 Å². The molecule has 0 amide bonds. The largest absolute Gasteiger partial charge is 0.494 e. The third-order valence-corrected chi connectivity index (χ3v) is 5.57. The Morgan fingerprint density at radius 2 is 2.00 bits per heavy atom. The van der Waals surface area contributed by atoms with E-state index >= 15 is 0 Å². The van der Waals surface area contributed by atoms with Crippen molar-refractivity contribution < 1.29 is 4.74 Å². The van der Waals surface area contributed by atoms with Crippen LogP contribution >= 0.6 is 31.9 Å². The first kappa shape index (κ1) is 14.4. The minimum absolute atomic E-state index is 0.461. The van der Waals surface area contributed by atoms with Gasteiger partial charge in [-0.3, -0.25) is 0 Å². The second-order valence-corrected chi connectivity index (χ2v) is 6.76. The fourth-order valence-corrected chi connectivity index (χ4v) is 4.51. The molecular formula is C15H20Br2O. The fourth-order valence-electron chi connectivity index (χ4n) is 2.67. The molecule has 3 heteroatoms. The van der Waals surface area contributed by atoms with Crippen LogP contribution in [0, 0.1) is 5.92 Å². The average molecular weight is 376 g/mol. The van der Waals surface area contributed by atoms with E-state index in [1.807, 2.05) is 6.92 Å². The van der Waals surface area contributed by atoms with Crippen LogP contribution in [0.2, 0.25) is 0 Å². The van der Waals surface area contributed by atoms with Crippen LogP contribution in [0.1, 0.15) is 49.4 Å². The molecule has 0 aliphatic heterocycles. The summed E-state index contributed by atoms with van der Waals surface area (Å²) in [4.78, 5) is 0.461. The third-order valence-electron chi connectivity index (χ3n) is 3.64. The van der Waals surface area contributed by atoms with Crippen molar-refractivity contribution >= 4 is 31.9 Å². The van der Waals surface area contributed by atoms with E-state index in [9.17, 15) is 0 Å². The molecule has 1 aliphatic carbocycles. The summed E-state index contributed by atoms with van der Waals surface area (Å²) in [5, 5.41) is 0. The molecule has 1 unspecified atom stereocenters. The van der Waals surface area contributed by atoms with Crippen molar-refractivity contribution in [3.63, 3.8) is 0 Å². The van der Waals surface area contributed by atoms with Gasteiger partial charge < -0.3 is 4.74 Å². The van der Waals surface area contributed by atoms with Crippen LogP contribution in [0.4, 0.5) is 0 Å². The quantitative estimate of drug-likeness (QED) is 0.598. The van der Waals surface area contributed by atoms with Crippen LogP contribution in [0.5, 0.6) is 5.75 Å². The molecule has 0 aromatic heterocycles. The molecule has 1 aromatic carbocycles. The van der Waals surface area contributed by atoms with Crippen LogP contribution in [0.25, 0.3) is 0 Å². The molecule has 100 valence electrons. The molecule has 0 radical (unpaired) electrons. The summed E-state index contributed by atoms with van der Waals surface area (Å²) in [6, 6.07) is 6.33. The molecule has 1 atom stereocenters. The number of benzene rings is 1. The molecule has 0 heterocycles. The van der Waals surface area contributed by atoms with Crippen molar-refractivity contribution in [2.24, 2.45) is 5.92 Å². The zero-order chi connectivity index (χ0) is 13.0. The normalized spacial score (nSPS) is 18.6. The lowest BCUT2D eigenvalue weighted by atomic mass is 9.85.